The lowest BCUT2D eigenvalue weighted by molar-refractivity contribution is -0.140. The summed E-state index contributed by atoms with van der Waals surface area (Å²) in [6.45, 7) is 6.09. The third-order valence-electron chi connectivity index (χ3n) is 7.36. The molecule has 1 aliphatic heterocycles. The summed E-state index contributed by atoms with van der Waals surface area (Å²) < 4.78 is 6.89. The molecule has 1 spiro atoms. The Morgan fingerprint density at radius 3 is 2.34 bits per heavy atom. The van der Waals surface area contributed by atoms with Crippen molar-refractivity contribution in [1.29, 1.82) is 0 Å². The van der Waals surface area contributed by atoms with Crippen LogP contribution in [0.25, 0.3) is 11.1 Å². The number of hydrogen-bond acceptors (Lipinski definition) is 5. The number of hydrogen-bond donors (Lipinski definition) is 2. The maximum absolute atomic E-state index is 13.1. The smallest absolute Gasteiger partial charge is 0.410 e. The number of rotatable bonds is 4. The number of likely N-dealkylation sites (tertiary alicyclic amines) is 1. The molecule has 4 rings (SSSR count). The zero-order chi connectivity index (χ0) is 25.4. The number of carboxylic acids is 1. The summed E-state index contributed by atoms with van der Waals surface area (Å²) in [5, 5.41) is 21.8. The van der Waals surface area contributed by atoms with Gasteiger partial charge in [0.2, 0.25) is 0 Å². The number of amides is 1. The largest absolute Gasteiger partial charge is 0.478 e. The monoisotopic (exact) mass is 482 g/mol. The maximum Gasteiger partial charge on any atom is 0.410 e. The highest BCUT2D eigenvalue weighted by Crippen LogP contribution is 2.51. The quantitative estimate of drug-likeness (QED) is 0.678. The third kappa shape index (κ3) is 4.98. The molecule has 0 bridgehead atoms. The van der Waals surface area contributed by atoms with E-state index < -0.39 is 28.7 Å². The Bertz CT molecular complexity index is 1160. The molecule has 35 heavy (non-hydrogen) atoms. The second-order valence-electron chi connectivity index (χ2n) is 10.9. The zero-order valence-corrected chi connectivity index (χ0v) is 20.6. The first-order valence-electron chi connectivity index (χ1n) is 12.2. The van der Waals surface area contributed by atoms with Crippen LogP contribution in [0.4, 0.5) is 4.79 Å². The van der Waals surface area contributed by atoms with Gasteiger partial charge in [-0.3, -0.25) is 4.79 Å². The third-order valence-corrected chi connectivity index (χ3v) is 7.36. The predicted molar refractivity (Wildman–Crippen MR) is 131 cm³/mol. The first-order chi connectivity index (χ1) is 16.4. The maximum atomic E-state index is 13.1. The predicted octanol–water partition coefficient (Wildman–Crippen LogP) is 4.15. The van der Waals surface area contributed by atoms with E-state index in [4.69, 9.17) is 4.74 Å². The first-order valence-corrected chi connectivity index (χ1v) is 12.2. The van der Waals surface area contributed by atoms with Gasteiger partial charge >= 0.3 is 12.1 Å². The number of nitrogens with zero attached hydrogens (tertiary/aromatic N) is 2. The number of carbonyl (C=O) groups excluding carboxylic acids is 1. The van der Waals surface area contributed by atoms with Crippen molar-refractivity contribution in [1.82, 2.24) is 9.47 Å². The second kappa shape index (κ2) is 9.15. The van der Waals surface area contributed by atoms with E-state index in [9.17, 15) is 24.6 Å². The fraction of sp³-hybridized carbons (Fsp3) is 0.519. The number of carboxylic acid groups (broad SMARTS) is 1. The lowest BCUT2D eigenvalue weighted by Crippen LogP contribution is -2.62. The van der Waals surface area contributed by atoms with E-state index >= 15 is 0 Å². The molecule has 2 aliphatic rings. The molecule has 1 aromatic heterocycles. The second-order valence-corrected chi connectivity index (χ2v) is 10.9. The van der Waals surface area contributed by atoms with Gasteiger partial charge in [0, 0.05) is 36.3 Å². The van der Waals surface area contributed by atoms with Crippen LogP contribution >= 0.6 is 0 Å². The Hall–Kier alpha value is -3.13. The van der Waals surface area contributed by atoms with Gasteiger partial charge in [0.05, 0.1) is 17.7 Å². The van der Waals surface area contributed by atoms with Crippen molar-refractivity contribution in [2.45, 2.75) is 70.6 Å². The zero-order valence-electron chi connectivity index (χ0n) is 20.6. The molecule has 1 aromatic carbocycles. The van der Waals surface area contributed by atoms with E-state index in [0.717, 1.165) is 25.7 Å². The summed E-state index contributed by atoms with van der Waals surface area (Å²) in [7, 11) is 0. The van der Waals surface area contributed by atoms with Gasteiger partial charge in [-0.1, -0.05) is 43.2 Å². The summed E-state index contributed by atoms with van der Waals surface area (Å²) in [5.74, 6) is -1.14. The van der Waals surface area contributed by atoms with Crippen LogP contribution in [0.1, 0.15) is 63.2 Å². The van der Waals surface area contributed by atoms with Crippen molar-refractivity contribution in [3.8, 4) is 11.1 Å². The van der Waals surface area contributed by atoms with Gasteiger partial charge in [-0.15, -0.1) is 0 Å². The minimum Gasteiger partial charge on any atom is -0.478 e. The van der Waals surface area contributed by atoms with Crippen LogP contribution in [0.2, 0.25) is 0 Å². The van der Waals surface area contributed by atoms with Crippen LogP contribution in [0, 0.1) is 5.41 Å². The SMILES string of the molecule is CC(C)(C)OC(=O)N1CCC(O)(Cn2cc(C(=O)O)c(-c3ccccc3)cc2=O)C2(CCCC2)C1. The topological polar surface area (TPSA) is 109 Å². The molecule has 188 valence electrons. The van der Waals surface area contributed by atoms with E-state index in [2.05, 4.69) is 0 Å². The summed E-state index contributed by atoms with van der Waals surface area (Å²) in [6.07, 6.45) is 4.52. The van der Waals surface area contributed by atoms with Crippen molar-refractivity contribution in [3.63, 3.8) is 0 Å². The van der Waals surface area contributed by atoms with Gasteiger partial charge in [-0.25, -0.2) is 9.59 Å². The van der Waals surface area contributed by atoms with E-state index in [-0.39, 0.29) is 24.1 Å². The Labute approximate surface area is 205 Å². The first kappa shape index (κ1) is 25.0. The molecule has 8 heteroatoms. The molecule has 1 unspecified atom stereocenters. The van der Waals surface area contributed by atoms with Gasteiger partial charge < -0.3 is 24.4 Å². The molecule has 1 atom stereocenters. The molecule has 1 amide bonds. The Morgan fingerprint density at radius 2 is 1.74 bits per heavy atom. The molecule has 8 nitrogen and oxygen atoms in total. The standard InChI is InChI=1S/C27H34N2O6/c1-25(2,3)35-24(33)28-14-13-27(34,26(17-28)11-7-8-12-26)18-29-16-21(23(31)32)20(15-22(29)30)19-9-5-4-6-10-19/h4-6,9-10,15-16,34H,7-8,11-14,17-18H2,1-3H3,(H,31,32). The minimum atomic E-state index is -1.25. The number of piperidine rings is 1. The molecule has 2 heterocycles. The van der Waals surface area contributed by atoms with Crippen LogP contribution in [-0.4, -0.2) is 56.0 Å². The molecule has 1 saturated heterocycles. The molecule has 0 radical (unpaired) electrons. The lowest BCUT2D eigenvalue weighted by Gasteiger charge is -2.52. The van der Waals surface area contributed by atoms with Crippen molar-refractivity contribution in [3.05, 3.63) is 58.5 Å². The van der Waals surface area contributed by atoms with Crippen molar-refractivity contribution >= 4 is 12.1 Å². The van der Waals surface area contributed by atoms with Crippen molar-refractivity contribution in [2.24, 2.45) is 5.41 Å². The fourth-order valence-electron chi connectivity index (χ4n) is 5.59. The van der Waals surface area contributed by atoms with E-state index in [1.54, 1.807) is 29.2 Å². The minimum absolute atomic E-state index is 0.00561. The van der Waals surface area contributed by atoms with Crippen LogP contribution in [0.5, 0.6) is 0 Å². The summed E-state index contributed by atoms with van der Waals surface area (Å²) >= 11 is 0. The van der Waals surface area contributed by atoms with Gasteiger partial charge in [-0.2, -0.15) is 0 Å². The summed E-state index contributed by atoms with van der Waals surface area (Å²) in [6, 6.07) is 10.3. The molecule has 2 N–H and O–H groups in total. The Kier molecular flexibility index (Phi) is 6.53. The van der Waals surface area contributed by atoms with Gasteiger partial charge in [0.25, 0.3) is 5.56 Å². The van der Waals surface area contributed by atoms with Crippen LogP contribution in [-0.2, 0) is 11.3 Å². The Balaban J connectivity index is 1.66. The van der Waals surface area contributed by atoms with E-state index in [1.807, 2.05) is 26.8 Å². The molecule has 1 saturated carbocycles. The van der Waals surface area contributed by atoms with Crippen molar-refractivity contribution in [2.75, 3.05) is 13.1 Å². The molecule has 2 aromatic rings. The van der Waals surface area contributed by atoms with Crippen LogP contribution < -0.4 is 5.56 Å². The highest BCUT2D eigenvalue weighted by atomic mass is 16.6. The lowest BCUT2D eigenvalue weighted by atomic mass is 9.66. The van der Waals surface area contributed by atoms with E-state index in [0.29, 0.717) is 24.2 Å². The van der Waals surface area contributed by atoms with E-state index in [1.165, 1.54) is 16.8 Å². The number of aromatic nitrogens is 1. The fourth-order valence-corrected chi connectivity index (χ4v) is 5.59. The van der Waals surface area contributed by atoms with Gasteiger partial charge in [0.1, 0.15) is 5.60 Å². The van der Waals surface area contributed by atoms with Crippen LogP contribution in [0.15, 0.2) is 47.4 Å². The molecular weight excluding hydrogens is 448 g/mol. The normalized spacial score (nSPS) is 21.8. The van der Waals surface area contributed by atoms with Crippen LogP contribution in [0.3, 0.4) is 0 Å². The number of aliphatic hydroxyl groups is 1. The highest BCUT2D eigenvalue weighted by molar-refractivity contribution is 5.95. The average Bonchev–Trinajstić information content (AvgIpc) is 3.26. The number of aromatic carboxylic acids is 1. The Morgan fingerprint density at radius 1 is 1.09 bits per heavy atom. The number of pyridine rings is 1. The summed E-state index contributed by atoms with van der Waals surface area (Å²) in [4.78, 5) is 39.6. The number of carbonyl (C=O) groups is 2. The number of ether oxygens (including phenoxy) is 1. The highest BCUT2D eigenvalue weighted by Gasteiger charge is 2.56. The average molecular weight is 483 g/mol. The van der Waals surface area contributed by atoms with Crippen molar-refractivity contribution < 1.29 is 24.5 Å². The number of benzene rings is 1. The summed E-state index contributed by atoms with van der Waals surface area (Å²) in [5.41, 5.74) is -1.82. The van der Waals surface area contributed by atoms with Gasteiger partial charge in [0.15, 0.2) is 0 Å². The van der Waals surface area contributed by atoms with Gasteiger partial charge in [-0.05, 0) is 45.6 Å². The molecule has 2 fully saturated rings. The molecule has 1 aliphatic carbocycles. The molecular formula is C27H34N2O6.